The van der Waals surface area contributed by atoms with Crippen LogP contribution in [-0.4, -0.2) is 26.0 Å². The zero-order valence-corrected chi connectivity index (χ0v) is 10.5. The average molecular weight is 257 g/mol. The van der Waals surface area contributed by atoms with Crippen molar-refractivity contribution in [2.75, 3.05) is 30.8 Å². The molecular weight excluding hydrogens is 240 g/mol. The fourth-order valence-electron chi connectivity index (χ4n) is 1.68. The molecule has 0 heterocycles. The molecule has 1 rings (SSSR count). The molecule has 0 aliphatic carbocycles. The summed E-state index contributed by atoms with van der Waals surface area (Å²) in [6.45, 7) is 2.15. The number of benzene rings is 1. The maximum Gasteiger partial charge on any atom is 0.239 e. The quantitative estimate of drug-likeness (QED) is 0.786. The number of nitrogens with zero attached hydrogens (tertiary/aromatic N) is 1. The molecule has 6 heteroatoms. The van der Waals surface area contributed by atoms with E-state index in [1.807, 2.05) is 6.92 Å². The smallest absolute Gasteiger partial charge is 0.239 e. The Hall–Kier alpha value is -1.85. The third kappa shape index (κ3) is 3.32. The monoisotopic (exact) mass is 257 g/mol. The lowest BCUT2D eigenvalue weighted by atomic mass is 10.2. The van der Waals surface area contributed by atoms with Crippen LogP contribution in [0.4, 0.5) is 20.2 Å². The summed E-state index contributed by atoms with van der Waals surface area (Å²) < 4.78 is 27.5. The van der Waals surface area contributed by atoms with Crippen molar-refractivity contribution in [3.05, 3.63) is 23.8 Å². The minimum absolute atomic E-state index is 0.0186. The molecule has 0 radical (unpaired) electrons. The number of anilines is 2. The van der Waals surface area contributed by atoms with Gasteiger partial charge in [-0.3, -0.25) is 4.79 Å². The predicted molar refractivity (Wildman–Crippen MR) is 67.3 cm³/mol. The molecule has 1 amide bonds. The van der Waals surface area contributed by atoms with Gasteiger partial charge in [0.2, 0.25) is 5.91 Å². The highest BCUT2D eigenvalue weighted by Crippen LogP contribution is 2.26. The van der Waals surface area contributed by atoms with Crippen molar-refractivity contribution < 1.29 is 13.6 Å². The third-order valence-corrected chi connectivity index (χ3v) is 2.46. The number of hydrogen-bond acceptors (Lipinski definition) is 3. The van der Waals surface area contributed by atoms with Crippen LogP contribution >= 0.6 is 0 Å². The van der Waals surface area contributed by atoms with Gasteiger partial charge in [0.25, 0.3) is 0 Å². The minimum atomic E-state index is -0.759. The number of hydrogen-bond donors (Lipinski definition) is 2. The molecule has 0 atom stereocenters. The molecule has 0 saturated carbocycles. The summed E-state index contributed by atoms with van der Waals surface area (Å²) in [7, 11) is 1.47. The van der Waals surface area contributed by atoms with E-state index in [1.165, 1.54) is 11.9 Å². The first kappa shape index (κ1) is 14.2. The lowest BCUT2D eigenvalue weighted by molar-refractivity contribution is -0.119. The Morgan fingerprint density at radius 3 is 2.39 bits per heavy atom. The van der Waals surface area contributed by atoms with Crippen molar-refractivity contribution in [1.82, 2.24) is 5.32 Å². The molecule has 100 valence electrons. The summed E-state index contributed by atoms with van der Waals surface area (Å²) >= 11 is 0. The number of carbonyl (C=O) groups is 1. The van der Waals surface area contributed by atoms with Gasteiger partial charge in [0, 0.05) is 19.3 Å². The Morgan fingerprint density at radius 1 is 1.39 bits per heavy atom. The van der Waals surface area contributed by atoms with Crippen LogP contribution < -0.4 is 16.0 Å². The minimum Gasteiger partial charge on any atom is -0.399 e. The first-order chi connectivity index (χ1) is 8.49. The fourth-order valence-corrected chi connectivity index (χ4v) is 1.68. The molecule has 0 bridgehead atoms. The second kappa shape index (κ2) is 6.18. The maximum absolute atomic E-state index is 13.7. The summed E-state index contributed by atoms with van der Waals surface area (Å²) in [5, 5.41) is 2.42. The van der Waals surface area contributed by atoms with Gasteiger partial charge in [0.05, 0.1) is 6.54 Å². The SMILES string of the molecule is CCCN(CC(=O)NC)c1c(F)cc(N)cc1F. The normalized spacial score (nSPS) is 10.2. The Morgan fingerprint density at radius 2 is 1.94 bits per heavy atom. The van der Waals surface area contributed by atoms with Crippen LogP contribution in [0, 0.1) is 11.6 Å². The zero-order chi connectivity index (χ0) is 13.7. The largest absolute Gasteiger partial charge is 0.399 e. The average Bonchev–Trinajstić information content (AvgIpc) is 2.27. The van der Waals surface area contributed by atoms with E-state index in [0.717, 1.165) is 12.1 Å². The van der Waals surface area contributed by atoms with Crippen molar-refractivity contribution in [2.45, 2.75) is 13.3 Å². The van der Waals surface area contributed by atoms with E-state index in [4.69, 9.17) is 5.73 Å². The van der Waals surface area contributed by atoms with Crippen LogP contribution in [0.5, 0.6) is 0 Å². The van der Waals surface area contributed by atoms with E-state index in [0.29, 0.717) is 13.0 Å². The number of nitrogens with one attached hydrogen (secondary N) is 1. The van der Waals surface area contributed by atoms with Crippen LogP contribution in [0.25, 0.3) is 0 Å². The van der Waals surface area contributed by atoms with Crippen molar-refractivity contribution in [2.24, 2.45) is 0 Å². The second-order valence-electron chi connectivity index (χ2n) is 3.93. The van der Waals surface area contributed by atoms with E-state index in [2.05, 4.69) is 5.32 Å². The second-order valence-corrected chi connectivity index (χ2v) is 3.93. The van der Waals surface area contributed by atoms with Gasteiger partial charge in [-0.1, -0.05) is 6.92 Å². The molecule has 0 spiro atoms. The Kier molecular flexibility index (Phi) is 4.88. The van der Waals surface area contributed by atoms with Crippen molar-refractivity contribution in [1.29, 1.82) is 0 Å². The Bertz CT molecular complexity index is 414. The molecule has 3 N–H and O–H groups in total. The lowest BCUT2D eigenvalue weighted by Gasteiger charge is -2.24. The van der Waals surface area contributed by atoms with E-state index >= 15 is 0 Å². The third-order valence-electron chi connectivity index (χ3n) is 2.46. The number of nitrogens with two attached hydrogens (primary N) is 1. The van der Waals surface area contributed by atoms with Gasteiger partial charge in [-0.25, -0.2) is 8.78 Å². The molecule has 0 aliphatic rings. The molecule has 0 saturated heterocycles. The standard InChI is InChI=1S/C12H17F2N3O/c1-3-4-17(7-11(18)16-2)12-9(13)5-8(15)6-10(12)14/h5-6H,3-4,7,15H2,1-2H3,(H,16,18). The van der Waals surface area contributed by atoms with Gasteiger partial charge in [-0.05, 0) is 18.6 Å². The highest BCUT2D eigenvalue weighted by atomic mass is 19.1. The first-order valence-corrected chi connectivity index (χ1v) is 5.69. The molecular formula is C12H17F2N3O. The number of carbonyl (C=O) groups excluding carboxylic acids is 1. The van der Waals surface area contributed by atoms with E-state index in [1.54, 1.807) is 0 Å². The predicted octanol–water partition coefficient (Wildman–Crippen LogP) is 1.51. The first-order valence-electron chi connectivity index (χ1n) is 5.69. The van der Waals surface area contributed by atoms with Gasteiger partial charge in [0.15, 0.2) is 11.6 Å². The maximum atomic E-state index is 13.7. The van der Waals surface area contributed by atoms with E-state index in [-0.39, 0.29) is 23.8 Å². The van der Waals surface area contributed by atoms with Gasteiger partial charge in [-0.2, -0.15) is 0 Å². The number of nitrogen functional groups attached to an aromatic ring is 1. The fraction of sp³-hybridized carbons (Fsp3) is 0.417. The number of halogens is 2. The van der Waals surface area contributed by atoms with Crippen LogP contribution in [0.3, 0.4) is 0 Å². The van der Waals surface area contributed by atoms with Crippen LogP contribution in [0.15, 0.2) is 12.1 Å². The number of likely N-dealkylation sites (N-methyl/N-ethyl adjacent to an activating group) is 1. The molecule has 0 aliphatic heterocycles. The van der Waals surface area contributed by atoms with Crippen molar-refractivity contribution in [3.8, 4) is 0 Å². The van der Waals surface area contributed by atoms with Crippen LogP contribution in [0.2, 0.25) is 0 Å². The van der Waals surface area contributed by atoms with Crippen LogP contribution in [0.1, 0.15) is 13.3 Å². The van der Waals surface area contributed by atoms with Gasteiger partial charge in [-0.15, -0.1) is 0 Å². The summed E-state index contributed by atoms with van der Waals surface area (Å²) in [6.07, 6.45) is 0.667. The molecule has 1 aromatic rings. The van der Waals surface area contributed by atoms with Gasteiger partial charge < -0.3 is 16.0 Å². The van der Waals surface area contributed by atoms with Crippen molar-refractivity contribution >= 4 is 17.3 Å². The summed E-state index contributed by atoms with van der Waals surface area (Å²) in [6, 6.07) is 2.09. The van der Waals surface area contributed by atoms with Crippen molar-refractivity contribution in [3.63, 3.8) is 0 Å². The molecule has 1 aromatic carbocycles. The number of amides is 1. The molecule has 0 aromatic heterocycles. The highest BCUT2D eigenvalue weighted by molar-refractivity contribution is 5.81. The molecule has 0 fully saturated rings. The lowest BCUT2D eigenvalue weighted by Crippen LogP contribution is -2.37. The molecule has 0 unspecified atom stereocenters. The zero-order valence-electron chi connectivity index (χ0n) is 10.5. The Balaban J connectivity index is 3.09. The Labute approximate surface area is 105 Å². The highest BCUT2D eigenvalue weighted by Gasteiger charge is 2.19. The summed E-state index contributed by atoms with van der Waals surface area (Å²) in [5.74, 6) is -1.83. The van der Waals surface area contributed by atoms with Gasteiger partial charge in [0.1, 0.15) is 5.69 Å². The van der Waals surface area contributed by atoms with E-state index in [9.17, 15) is 13.6 Å². The summed E-state index contributed by atoms with van der Waals surface area (Å²) in [5.41, 5.74) is 5.16. The topological polar surface area (TPSA) is 58.4 Å². The number of rotatable bonds is 5. The summed E-state index contributed by atoms with van der Waals surface area (Å²) in [4.78, 5) is 12.7. The van der Waals surface area contributed by atoms with Gasteiger partial charge >= 0.3 is 0 Å². The molecule has 18 heavy (non-hydrogen) atoms. The van der Waals surface area contributed by atoms with Crippen LogP contribution in [-0.2, 0) is 4.79 Å². The van der Waals surface area contributed by atoms with E-state index < -0.39 is 11.6 Å². The molecule has 4 nitrogen and oxygen atoms in total.